The summed E-state index contributed by atoms with van der Waals surface area (Å²) in [5.74, 6) is -0.174. The largest absolute Gasteiger partial charge is 0.353 e. The van der Waals surface area contributed by atoms with Crippen molar-refractivity contribution in [3.63, 3.8) is 0 Å². The number of rotatable bonds is 5. The first-order chi connectivity index (χ1) is 14.0. The van der Waals surface area contributed by atoms with Crippen molar-refractivity contribution in [3.05, 3.63) is 89.7 Å². The van der Waals surface area contributed by atoms with Crippen molar-refractivity contribution in [2.75, 3.05) is 6.54 Å². The van der Waals surface area contributed by atoms with Gasteiger partial charge in [-0.05, 0) is 54.8 Å². The molecule has 6 heteroatoms. The average molecular weight is 409 g/mol. The maximum atomic E-state index is 13.2. The Labute approximate surface area is 171 Å². The van der Waals surface area contributed by atoms with Crippen LogP contribution in [0.15, 0.2) is 77.8 Å². The maximum absolute atomic E-state index is 13.2. The number of benzene rings is 2. The summed E-state index contributed by atoms with van der Waals surface area (Å²) in [4.78, 5) is 15.4. The van der Waals surface area contributed by atoms with Crippen molar-refractivity contribution >= 4 is 15.7 Å². The SMILES string of the molecule is Cn1cccc1C1CCCN1C(=O)c1cccc(CS(=O)(=O)c2ccccc2)c1. The molecule has 150 valence electrons. The molecule has 2 heterocycles. The highest BCUT2D eigenvalue weighted by molar-refractivity contribution is 7.90. The minimum atomic E-state index is -3.45. The highest BCUT2D eigenvalue weighted by Crippen LogP contribution is 2.33. The number of carbonyl (C=O) groups excluding carboxylic acids is 1. The molecule has 1 aromatic heterocycles. The number of hydrogen-bond acceptors (Lipinski definition) is 3. The fourth-order valence-corrected chi connectivity index (χ4v) is 5.39. The van der Waals surface area contributed by atoms with Gasteiger partial charge < -0.3 is 9.47 Å². The molecule has 5 nitrogen and oxygen atoms in total. The molecule has 0 spiro atoms. The lowest BCUT2D eigenvalue weighted by Gasteiger charge is -2.25. The third-order valence-electron chi connectivity index (χ3n) is 5.47. The van der Waals surface area contributed by atoms with E-state index in [0.717, 1.165) is 18.5 Å². The number of hydrogen-bond donors (Lipinski definition) is 0. The van der Waals surface area contributed by atoms with Crippen LogP contribution in [0.4, 0.5) is 0 Å². The molecule has 2 aromatic carbocycles. The third-order valence-corrected chi connectivity index (χ3v) is 7.18. The summed E-state index contributed by atoms with van der Waals surface area (Å²) in [5.41, 5.74) is 2.28. The normalized spacial score (nSPS) is 16.9. The van der Waals surface area contributed by atoms with Crippen molar-refractivity contribution in [1.29, 1.82) is 0 Å². The van der Waals surface area contributed by atoms with Gasteiger partial charge in [-0.15, -0.1) is 0 Å². The smallest absolute Gasteiger partial charge is 0.254 e. The molecule has 1 aliphatic rings. The molecule has 0 bridgehead atoms. The van der Waals surface area contributed by atoms with Crippen LogP contribution < -0.4 is 0 Å². The van der Waals surface area contributed by atoms with Gasteiger partial charge in [0.25, 0.3) is 5.91 Å². The molecule has 3 aromatic rings. The molecule has 1 unspecified atom stereocenters. The molecule has 0 aliphatic carbocycles. The van der Waals surface area contributed by atoms with E-state index in [9.17, 15) is 13.2 Å². The van der Waals surface area contributed by atoms with Crippen molar-refractivity contribution < 1.29 is 13.2 Å². The number of aryl methyl sites for hydroxylation is 1. The molecule has 0 saturated carbocycles. The predicted molar refractivity (Wildman–Crippen MR) is 112 cm³/mol. The van der Waals surface area contributed by atoms with Gasteiger partial charge in [-0.3, -0.25) is 4.79 Å². The van der Waals surface area contributed by atoms with Gasteiger partial charge in [-0.2, -0.15) is 0 Å². The van der Waals surface area contributed by atoms with Crippen molar-refractivity contribution in [2.45, 2.75) is 29.5 Å². The Bertz CT molecular complexity index is 1120. The highest BCUT2D eigenvalue weighted by atomic mass is 32.2. The molecule has 4 rings (SSSR count). The lowest BCUT2D eigenvalue weighted by molar-refractivity contribution is 0.0731. The van der Waals surface area contributed by atoms with Crippen molar-refractivity contribution in [1.82, 2.24) is 9.47 Å². The summed E-state index contributed by atoms with van der Waals surface area (Å²) < 4.78 is 27.4. The zero-order valence-corrected chi connectivity index (χ0v) is 17.2. The number of sulfone groups is 1. The quantitative estimate of drug-likeness (QED) is 0.642. The minimum absolute atomic E-state index is 0.0485. The van der Waals surface area contributed by atoms with Gasteiger partial charge in [0.15, 0.2) is 9.84 Å². The second-order valence-corrected chi connectivity index (χ2v) is 9.46. The van der Waals surface area contributed by atoms with Crippen LogP contribution in [0.3, 0.4) is 0 Å². The van der Waals surface area contributed by atoms with E-state index in [0.29, 0.717) is 22.6 Å². The number of carbonyl (C=O) groups is 1. The van der Waals surface area contributed by atoms with Crippen LogP contribution in [0.5, 0.6) is 0 Å². The Kier molecular flexibility index (Phi) is 5.28. The van der Waals surface area contributed by atoms with E-state index in [1.807, 2.05) is 24.2 Å². The summed E-state index contributed by atoms with van der Waals surface area (Å²) in [6.07, 6.45) is 3.89. The molecule has 1 atom stereocenters. The first-order valence-electron chi connectivity index (χ1n) is 9.75. The first kappa shape index (κ1) is 19.5. The van der Waals surface area contributed by atoms with Gasteiger partial charge in [0.2, 0.25) is 0 Å². The zero-order valence-electron chi connectivity index (χ0n) is 16.4. The number of amides is 1. The fourth-order valence-electron chi connectivity index (χ4n) is 4.03. The van der Waals surface area contributed by atoms with Crippen LogP contribution >= 0.6 is 0 Å². The lowest BCUT2D eigenvalue weighted by Crippen LogP contribution is -2.31. The van der Waals surface area contributed by atoms with Gasteiger partial charge in [0.05, 0.1) is 16.7 Å². The molecule has 29 heavy (non-hydrogen) atoms. The van der Waals surface area contributed by atoms with E-state index < -0.39 is 9.84 Å². The molecule has 1 saturated heterocycles. The predicted octanol–water partition coefficient (Wildman–Crippen LogP) is 3.98. The molecular formula is C23H24N2O3S. The average Bonchev–Trinajstić information content (AvgIpc) is 3.36. The van der Waals surface area contributed by atoms with Crippen LogP contribution in [0.1, 0.15) is 40.5 Å². The molecule has 1 aliphatic heterocycles. The van der Waals surface area contributed by atoms with Gasteiger partial charge in [0, 0.05) is 31.0 Å². The summed E-state index contributed by atoms with van der Waals surface area (Å²) >= 11 is 0. The minimum Gasteiger partial charge on any atom is -0.353 e. The van der Waals surface area contributed by atoms with E-state index in [1.165, 1.54) is 0 Å². The van der Waals surface area contributed by atoms with Crippen LogP contribution in [-0.4, -0.2) is 30.3 Å². The fraction of sp³-hybridized carbons (Fsp3) is 0.261. The Morgan fingerprint density at radius 2 is 1.83 bits per heavy atom. The molecule has 0 radical (unpaired) electrons. The Balaban J connectivity index is 1.57. The van der Waals surface area contributed by atoms with E-state index in [-0.39, 0.29) is 17.7 Å². The first-order valence-corrected chi connectivity index (χ1v) is 11.4. The summed E-state index contributed by atoms with van der Waals surface area (Å²) in [6, 6.07) is 19.5. The molecular weight excluding hydrogens is 384 g/mol. The van der Waals surface area contributed by atoms with Crippen LogP contribution in [0, 0.1) is 0 Å². The van der Waals surface area contributed by atoms with E-state index in [2.05, 4.69) is 10.6 Å². The molecule has 1 fully saturated rings. The second kappa shape index (κ2) is 7.87. The zero-order chi connectivity index (χ0) is 20.4. The maximum Gasteiger partial charge on any atom is 0.254 e. The second-order valence-electron chi connectivity index (χ2n) is 7.47. The van der Waals surface area contributed by atoms with E-state index in [4.69, 9.17) is 0 Å². The van der Waals surface area contributed by atoms with Crippen LogP contribution in [0.2, 0.25) is 0 Å². The number of likely N-dealkylation sites (tertiary alicyclic amines) is 1. The topological polar surface area (TPSA) is 59.4 Å². The van der Waals surface area contributed by atoms with Crippen LogP contribution in [0.25, 0.3) is 0 Å². The summed E-state index contributed by atoms with van der Waals surface area (Å²) in [6.45, 7) is 0.710. The van der Waals surface area contributed by atoms with Gasteiger partial charge in [0.1, 0.15) is 0 Å². The highest BCUT2D eigenvalue weighted by Gasteiger charge is 2.32. The number of nitrogens with zero attached hydrogens (tertiary/aromatic N) is 2. The summed E-state index contributed by atoms with van der Waals surface area (Å²) in [5, 5.41) is 0. The van der Waals surface area contributed by atoms with Crippen molar-refractivity contribution in [2.24, 2.45) is 7.05 Å². The lowest BCUT2D eigenvalue weighted by atomic mass is 10.1. The molecule has 0 N–H and O–H groups in total. The van der Waals surface area contributed by atoms with Gasteiger partial charge >= 0.3 is 0 Å². The number of aromatic nitrogens is 1. The van der Waals surface area contributed by atoms with E-state index >= 15 is 0 Å². The van der Waals surface area contributed by atoms with Crippen LogP contribution in [-0.2, 0) is 22.6 Å². The summed E-state index contributed by atoms with van der Waals surface area (Å²) in [7, 11) is -1.46. The Morgan fingerprint density at radius 3 is 2.55 bits per heavy atom. The van der Waals surface area contributed by atoms with E-state index in [1.54, 1.807) is 54.6 Å². The molecule has 1 amide bonds. The van der Waals surface area contributed by atoms with Gasteiger partial charge in [-0.1, -0.05) is 30.3 Å². The standard InChI is InChI=1S/C23H24N2O3S/c1-24-14-6-12-21(24)22-13-7-15-25(22)23(26)19-9-5-8-18(16-19)17-29(27,28)20-10-3-2-4-11-20/h2-6,8-12,14,16,22H,7,13,15,17H2,1H3. The van der Waals surface area contributed by atoms with Gasteiger partial charge in [-0.25, -0.2) is 8.42 Å². The third kappa shape index (κ3) is 3.98. The Hall–Kier alpha value is -2.86. The van der Waals surface area contributed by atoms with Crippen molar-refractivity contribution in [3.8, 4) is 0 Å². The monoisotopic (exact) mass is 408 g/mol. The Morgan fingerprint density at radius 1 is 1.03 bits per heavy atom.